The fourth-order valence-electron chi connectivity index (χ4n) is 5.87. The Kier molecular flexibility index (Phi) is 5.85. The summed E-state index contributed by atoms with van der Waals surface area (Å²) in [5.74, 6) is -7.34. The molecule has 0 aliphatic heterocycles. The molecule has 0 aromatic heterocycles. The lowest BCUT2D eigenvalue weighted by atomic mass is 9.59. The minimum absolute atomic E-state index is 0.0221. The summed E-state index contributed by atoms with van der Waals surface area (Å²) in [5.41, 5.74) is 5.72. The molecule has 0 radical (unpaired) electrons. The molecule has 0 bridgehead atoms. The molecule has 5 rings (SSSR count). The van der Waals surface area contributed by atoms with Crippen LogP contribution in [0.4, 0.5) is 0 Å². The van der Waals surface area contributed by atoms with Gasteiger partial charge in [-0.15, -0.1) is 0 Å². The molecule has 2 amide bonds. The summed E-state index contributed by atoms with van der Waals surface area (Å²) in [5, 5.41) is 43.9. The normalized spacial score (nSPS) is 24.5. The highest BCUT2D eigenvalue weighted by molar-refractivity contribution is 6.22. The number of fused-ring (bicyclic) bond motifs is 3. The van der Waals surface area contributed by atoms with Crippen molar-refractivity contribution in [2.75, 3.05) is 7.11 Å². The van der Waals surface area contributed by atoms with Gasteiger partial charge in [-0.3, -0.25) is 24.0 Å². The molecule has 2 aromatic rings. The molecule has 0 saturated heterocycles. The number of hydrogen-bond donors (Lipinski definition) is 6. The number of phenols is 1. The number of aliphatic hydroxyl groups excluding tert-OH is 2. The maximum Gasteiger partial charge on any atom is 0.274 e. The number of hydroxylamine groups is 1. The number of ketones is 2. The molecule has 3 aliphatic carbocycles. The second kappa shape index (κ2) is 8.82. The number of rotatable bonds is 4. The van der Waals surface area contributed by atoms with Crippen molar-refractivity contribution in [3.05, 3.63) is 70.0 Å². The summed E-state index contributed by atoms with van der Waals surface area (Å²) in [7, 11) is 1.31. The van der Waals surface area contributed by atoms with Gasteiger partial charge in [-0.2, -0.15) is 0 Å². The topological polar surface area (TPSA) is 196 Å². The average molecular weight is 520 g/mol. The van der Waals surface area contributed by atoms with Gasteiger partial charge in [0.25, 0.3) is 11.8 Å². The van der Waals surface area contributed by atoms with E-state index in [1.54, 1.807) is 30.3 Å². The molecule has 38 heavy (non-hydrogen) atoms. The average Bonchev–Trinajstić information content (AvgIpc) is 2.86. The van der Waals surface area contributed by atoms with Crippen LogP contribution in [0.2, 0.25) is 0 Å². The van der Waals surface area contributed by atoms with Gasteiger partial charge < -0.3 is 26.2 Å². The largest absolute Gasteiger partial charge is 0.508 e. The van der Waals surface area contributed by atoms with Crippen LogP contribution in [0.25, 0.3) is 16.9 Å². The first-order valence-electron chi connectivity index (χ1n) is 11.8. The van der Waals surface area contributed by atoms with E-state index < -0.39 is 64.3 Å². The molecule has 11 nitrogen and oxygen atoms in total. The third-order valence-electron chi connectivity index (χ3n) is 7.58. The van der Waals surface area contributed by atoms with Crippen molar-refractivity contribution in [1.29, 1.82) is 0 Å². The summed E-state index contributed by atoms with van der Waals surface area (Å²) in [4.78, 5) is 54.8. The number of amides is 2. The maximum absolute atomic E-state index is 13.6. The molecule has 196 valence electrons. The number of carbonyl (C=O) groups excluding carboxylic acids is 4. The summed E-state index contributed by atoms with van der Waals surface area (Å²) in [6, 6.07) is 9.55. The smallest absolute Gasteiger partial charge is 0.274 e. The third-order valence-corrected chi connectivity index (χ3v) is 7.58. The summed E-state index contributed by atoms with van der Waals surface area (Å²) in [6.45, 7) is 0. The van der Waals surface area contributed by atoms with Crippen molar-refractivity contribution < 1.29 is 44.4 Å². The summed E-state index contributed by atoms with van der Waals surface area (Å²) in [6.07, 6.45) is -0.230. The highest BCUT2D eigenvalue weighted by atomic mass is 16.6. The van der Waals surface area contributed by atoms with Gasteiger partial charge in [0.2, 0.25) is 5.78 Å². The zero-order chi connectivity index (χ0) is 27.5. The van der Waals surface area contributed by atoms with Crippen LogP contribution in [0, 0.1) is 11.8 Å². The van der Waals surface area contributed by atoms with Gasteiger partial charge in [0, 0.05) is 23.5 Å². The zero-order valence-corrected chi connectivity index (χ0v) is 20.1. The molecule has 3 unspecified atom stereocenters. The number of hydrogen-bond acceptors (Lipinski definition) is 9. The van der Waals surface area contributed by atoms with E-state index in [1.807, 2.05) is 0 Å². The fraction of sp³-hybridized carbons (Fsp3) is 0.259. The lowest BCUT2D eigenvalue weighted by molar-refractivity contribution is -0.147. The van der Waals surface area contributed by atoms with E-state index in [0.717, 1.165) is 0 Å². The number of aliphatic hydroxyl groups is 3. The number of aromatic hydroxyl groups is 1. The highest BCUT2D eigenvalue weighted by Gasteiger charge is 2.60. The van der Waals surface area contributed by atoms with Gasteiger partial charge in [0.05, 0.1) is 12.7 Å². The van der Waals surface area contributed by atoms with Crippen molar-refractivity contribution >= 4 is 29.1 Å². The van der Waals surface area contributed by atoms with Crippen LogP contribution >= 0.6 is 0 Å². The van der Waals surface area contributed by atoms with Crippen LogP contribution in [0.15, 0.2) is 53.3 Å². The Labute approximate surface area is 215 Å². The first-order valence-corrected chi connectivity index (χ1v) is 11.8. The molecule has 0 spiro atoms. The number of carbonyl (C=O) groups is 4. The number of nitrogens with two attached hydrogens (primary N) is 1. The Morgan fingerprint density at radius 3 is 2.53 bits per heavy atom. The van der Waals surface area contributed by atoms with Crippen LogP contribution in [0.3, 0.4) is 0 Å². The lowest BCUT2D eigenvalue weighted by Crippen LogP contribution is -2.58. The Morgan fingerprint density at radius 2 is 1.84 bits per heavy atom. The molecule has 1 saturated carbocycles. The van der Waals surface area contributed by atoms with Crippen molar-refractivity contribution in [3.8, 4) is 16.9 Å². The van der Waals surface area contributed by atoms with E-state index >= 15 is 0 Å². The maximum atomic E-state index is 13.6. The van der Waals surface area contributed by atoms with Crippen LogP contribution in [-0.4, -0.2) is 56.5 Å². The minimum atomic E-state index is -2.62. The van der Waals surface area contributed by atoms with Gasteiger partial charge in [0.1, 0.15) is 22.8 Å². The Bertz CT molecular complexity index is 1510. The van der Waals surface area contributed by atoms with Crippen molar-refractivity contribution in [3.63, 3.8) is 0 Å². The molecule has 2 aromatic carbocycles. The highest BCUT2D eigenvalue weighted by Crippen LogP contribution is 2.53. The number of phenolic OH excluding ortho intramolecular Hbond substituents is 1. The number of benzene rings is 2. The first kappa shape index (κ1) is 25.2. The fourth-order valence-corrected chi connectivity index (χ4v) is 5.87. The molecule has 0 heterocycles. The molecule has 1 fully saturated rings. The lowest BCUT2D eigenvalue weighted by Gasteiger charge is -2.46. The van der Waals surface area contributed by atoms with Gasteiger partial charge in [0.15, 0.2) is 11.4 Å². The summed E-state index contributed by atoms with van der Waals surface area (Å²) >= 11 is 0. The van der Waals surface area contributed by atoms with Gasteiger partial charge in [-0.05, 0) is 53.6 Å². The first-order chi connectivity index (χ1) is 18.0. The van der Waals surface area contributed by atoms with Crippen LogP contribution in [-0.2, 0) is 25.6 Å². The molecular formula is C27H24N2O9. The Balaban J connectivity index is 1.66. The Hall–Kier alpha value is -4.48. The number of primary amides is 1. The third kappa shape index (κ3) is 3.51. The standard InChI is InChI=1S/C27H24N2O9/c1-38-29-26(36)12-4-2-3-11(7-12)15-5-6-17(30)20-16(15)9-13-8-14-10-18(31)21(25(28)35)24(34)27(14,37)23(33)19(13)22(20)32/h2-7,13-14,30,32,34,37H,8-10H2,1H3,(H2,28,35)(H,29,36). The molecule has 3 aliphatic rings. The van der Waals surface area contributed by atoms with Gasteiger partial charge in [-0.25, -0.2) is 5.48 Å². The second-order valence-electron chi connectivity index (χ2n) is 9.61. The van der Waals surface area contributed by atoms with E-state index in [9.17, 15) is 39.6 Å². The van der Waals surface area contributed by atoms with E-state index in [-0.39, 0.29) is 29.7 Å². The second-order valence-corrected chi connectivity index (χ2v) is 9.61. The van der Waals surface area contributed by atoms with Gasteiger partial charge in [-0.1, -0.05) is 18.2 Å². The molecule has 7 N–H and O–H groups in total. The van der Waals surface area contributed by atoms with E-state index in [0.29, 0.717) is 22.3 Å². The predicted molar refractivity (Wildman–Crippen MR) is 131 cm³/mol. The van der Waals surface area contributed by atoms with Crippen LogP contribution < -0.4 is 11.2 Å². The van der Waals surface area contributed by atoms with Gasteiger partial charge >= 0.3 is 0 Å². The van der Waals surface area contributed by atoms with Crippen LogP contribution in [0.5, 0.6) is 5.75 Å². The molecule has 3 atom stereocenters. The van der Waals surface area contributed by atoms with E-state index in [2.05, 4.69) is 10.3 Å². The molecular weight excluding hydrogens is 496 g/mol. The Morgan fingerprint density at radius 1 is 1.11 bits per heavy atom. The molecule has 11 heteroatoms. The number of Topliss-reactive ketones (excluding diaryl/α,β-unsaturated/α-hetero) is 2. The number of nitrogens with one attached hydrogen (secondary N) is 1. The minimum Gasteiger partial charge on any atom is -0.508 e. The van der Waals surface area contributed by atoms with Crippen molar-refractivity contribution in [2.24, 2.45) is 17.6 Å². The van der Waals surface area contributed by atoms with E-state index in [4.69, 9.17) is 5.73 Å². The SMILES string of the molecule is CONC(=O)c1cccc(-c2ccc(O)c3c2CC2CC4CC(=O)C(C(N)=O)=C(O)C4(O)C(=O)C2=C3O)c1. The monoisotopic (exact) mass is 520 g/mol. The predicted octanol–water partition coefficient (Wildman–Crippen LogP) is 1.38. The van der Waals surface area contributed by atoms with E-state index in [1.165, 1.54) is 13.2 Å². The van der Waals surface area contributed by atoms with Crippen molar-refractivity contribution in [1.82, 2.24) is 5.48 Å². The van der Waals surface area contributed by atoms with Crippen LogP contribution in [0.1, 0.15) is 34.3 Å². The zero-order valence-electron chi connectivity index (χ0n) is 20.1. The quantitative estimate of drug-likeness (QED) is 0.255. The summed E-state index contributed by atoms with van der Waals surface area (Å²) < 4.78 is 0. The van der Waals surface area contributed by atoms with Crippen molar-refractivity contribution in [2.45, 2.75) is 24.9 Å².